The first kappa shape index (κ1) is 13.8. The highest BCUT2D eigenvalue weighted by atomic mass is 32.2. The van der Waals surface area contributed by atoms with Gasteiger partial charge < -0.3 is 5.73 Å². The number of sulfone groups is 1. The topological polar surface area (TPSA) is 63.4 Å². The minimum atomic E-state index is -2.81. The summed E-state index contributed by atoms with van der Waals surface area (Å²) in [6.45, 7) is 2.91. The monoisotopic (exact) mass is 286 g/mol. The van der Waals surface area contributed by atoms with Gasteiger partial charge in [0, 0.05) is 25.2 Å². The van der Waals surface area contributed by atoms with E-state index in [0.29, 0.717) is 18.1 Å². The molecule has 0 spiro atoms. The molecule has 110 valence electrons. The zero-order chi connectivity index (χ0) is 13.5. The molecule has 0 unspecified atom stereocenters. The van der Waals surface area contributed by atoms with Crippen molar-refractivity contribution in [3.8, 4) is 0 Å². The standard InChI is InChI=1S/C14H26N2O2S/c15-11-14(5-7-19(17,18)8-6-14)16(9-12-1-2-12)10-13-3-4-13/h12-13H,1-11,15H2. The van der Waals surface area contributed by atoms with Crippen molar-refractivity contribution in [3.05, 3.63) is 0 Å². The van der Waals surface area contributed by atoms with E-state index in [2.05, 4.69) is 4.90 Å². The van der Waals surface area contributed by atoms with Crippen LogP contribution in [0.3, 0.4) is 0 Å². The summed E-state index contributed by atoms with van der Waals surface area (Å²) >= 11 is 0. The van der Waals surface area contributed by atoms with E-state index in [4.69, 9.17) is 5.73 Å². The van der Waals surface area contributed by atoms with E-state index < -0.39 is 9.84 Å². The van der Waals surface area contributed by atoms with E-state index in [9.17, 15) is 8.42 Å². The van der Waals surface area contributed by atoms with Crippen LogP contribution in [-0.4, -0.2) is 50.0 Å². The fraction of sp³-hybridized carbons (Fsp3) is 1.00. The highest BCUT2D eigenvalue weighted by molar-refractivity contribution is 7.91. The minimum absolute atomic E-state index is 0.0312. The van der Waals surface area contributed by atoms with Crippen LogP contribution in [0.15, 0.2) is 0 Å². The van der Waals surface area contributed by atoms with Gasteiger partial charge in [-0.15, -0.1) is 0 Å². The molecule has 5 heteroatoms. The average Bonchev–Trinajstić information content (AvgIpc) is 3.24. The first-order valence-electron chi connectivity index (χ1n) is 7.69. The van der Waals surface area contributed by atoms with Crippen molar-refractivity contribution in [1.29, 1.82) is 0 Å². The highest BCUT2D eigenvalue weighted by Gasteiger charge is 2.44. The number of hydrogen-bond donors (Lipinski definition) is 1. The second kappa shape index (κ2) is 5.01. The second-order valence-electron chi connectivity index (χ2n) is 6.87. The first-order chi connectivity index (χ1) is 9.03. The number of hydrogen-bond acceptors (Lipinski definition) is 4. The molecule has 0 aromatic rings. The SMILES string of the molecule is NCC1(N(CC2CC2)CC2CC2)CCS(=O)(=O)CC1. The number of rotatable bonds is 6. The molecule has 2 aliphatic carbocycles. The Kier molecular flexibility index (Phi) is 3.65. The molecule has 3 fully saturated rings. The van der Waals surface area contributed by atoms with Gasteiger partial charge in [-0.25, -0.2) is 8.42 Å². The summed E-state index contributed by atoms with van der Waals surface area (Å²) in [4.78, 5) is 2.58. The van der Waals surface area contributed by atoms with Gasteiger partial charge in [0.05, 0.1) is 11.5 Å². The maximum absolute atomic E-state index is 11.7. The van der Waals surface area contributed by atoms with Gasteiger partial charge in [0.1, 0.15) is 9.84 Å². The predicted molar refractivity (Wildman–Crippen MR) is 76.7 cm³/mol. The maximum atomic E-state index is 11.7. The van der Waals surface area contributed by atoms with Crippen LogP contribution < -0.4 is 5.73 Å². The van der Waals surface area contributed by atoms with Gasteiger partial charge in [-0.1, -0.05) is 0 Å². The molecule has 0 aromatic heterocycles. The molecule has 1 heterocycles. The van der Waals surface area contributed by atoms with Crippen LogP contribution in [0.2, 0.25) is 0 Å². The Morgan fingerprint density at radius 1 is 1.00 bits per heavy atom. The Bertz CT molecular complexity index is 399. The Hall–Kier alpha value is -0.130. The van der Waals surface area contributed by atoms with Crippen molar-refractivity contribution in [2.75, 3.05) is 31.1 Å². The molecular formula is C14H26N2O2S. The van der Waals surface area contributed by atoms with Gasteiger partial charge in [-0.3, -0.25) is 4.90 Å². The number of nitrogens with zero attached hydrogens (tertiary/aromatic N) is 1. The molecule has 0 amide bonds. The molecule has 0 radical (unpaired) electrons. The highest BCUT2D eigenvalue weighted by Crippen LogP contribution is 2.39. The molecule has 0 bridgehead atoms. The lowest BCUT2D eigenvalue weighted by atomic mass is 9.89. The molecule has 19 heavy (non-hydrogen) atoms. The van der Waals surface area contributed by atoms with Crippen LogP contribution in [0.5, 0.6) is 0 Å². The molecule has 0 atom stereocenters. The van der Waals surface area contributed by atoms with E-state index in [1.807, 2.05) is 0 Å². The van der Waals surface area contributed by atoms with Gasteiger partial charge in [0.15, 0.2) is 0 Å². The fourth-order valence-electron chi connectivity index (χ4n) is 3.25. The maximum Gasteiger partial charge on any atom is 0.150 e. The zero-order valence-corrected chi connectivity index (χ0v) is 12.5. The van der Waals surface area contributed by atoms with Crippen molar-refractivity contribution in [1.82, 2.24) is 4.90 Å². The summed E-state index contributed by atoms with van der Waals surface area (Å²) in [7, 11) is -2.81. The Morgan fingerprint density at radius 2 is 1.47 bits per heavy atom. The second-order valence-corrected chi connectivity index (χ2v) is 9.18. The van der Waals surface area contributed by atoms with Crippen LogP contribution in [0, 0.1) is 11.8 Å². The Labute approximate surface area is 116 Å². The van der Waals surface area contributed by atoms with E-state index in [0.717, 1.165) is 37.8 Å². The fourth-order valence-corrected chi connectivity index (χ4v) is 4.84. The summed E-state index contributed by atoms with van der Waals surface area (Å²) in [5, 5.41) is 0. The molecule has 1 saturated heterocycles. The van der Waals surface area contributed by atoms with E-state index in [1.165, 1.54) is 25.7 Å². The van der Waals surface area contributed by atoms with Crippen molar-refractivity contribution >= 4 is 9.84 Å². The van der Waals surface area contributed by atoms with Crippen molar-refractivity contribution < 1.29 is 8.42 Å². The normalized spacial score (nSPS) is 29.6. The molecule has 2 saturated carbocycles. The summed E-state index contributed by atoms with van der Waals surface area (Å²) in [5.41, 5.74) is 6.05. The third-order valence-electron chi connectivity index (χ3n) is 5.16. The molecular weight excluding hydrogens is 260 g/mol. The van der Waals surface area contributed by atoms with Crippen LogP contribution in [0.4, 0.5) is 0 Å². The molecule has 0 aromatic carbocycles. The van der Waals surface area contributed by atoms with Crippen molar-refractivity contribution in [2.24, 2.45) is 17.6 Å². The van der Waals surface area contributed by atoms with E-state index in [1.54, 1.807) is 0 Å². The van der Waals surface area contributed by atoms with Gasteiger partial charge in [0.25, 0.3) is 0 Å². The molecule has 3 aliphatic rings. The first-order valence-corrected chi connectivity index (χ1v) is 9.51. The van der Waals surface area contributed by atoms with Crippen LogP contribution in [0.1, 0.15) is 38.5 Å². The summed E-state index contributed by atoms with van der Waals surface area (Å²) < 4.78 is 23.4. The van der Waals surface area contributed by atoms with Gasteiger partial charge in [-0.05, 0) is 50.4 Å². The zero-order valence-electron chi connectivity index (χ0n) is 11.7. The van der Waals surface area contributed by atoms with Crippen molar-refractivity contribution in [3.63, 3.8) is 0 Å². The summed E-state index contributed by atoms with van der Waals surface area (Å²) in [6.07, 6.45) is 6.87. The van der Waals surface area contributed by atoms with Crippen molar-refractivity contribution in [2.45, 2.75) is 44.1 Å². The summed E-state index contributed by atoms with van der Waals surface area (Å²) in [6, 6.07) is 0. The number of nitrogens with two attached hydrogens (primary N) is 1. The molecule has 2 N–H and O–H groups in total. The molecule has 1 aliphatic heterocycles. The van der Waals surface area contributed by atoms with Gasteiger partial charge in [0.2, 0.25) is 0 Å². The lowest BCUT2D eigenvalue weighted by Gasteiger charge is -2.46. The Morgan fingerprint density at radius 3 is 1.84 bits per heavy atom. The smallest absolute Gasteiger partial charge is 0.150 e. The summed E-state index contributed by atoms with van der Waals surface area (Å²) in [5.74, 6) is 2.35. The van der Waals surface area contributed by atoms with Gasteiger partial charge in [-0.2, -0.15) is 0 Å². The molecule has 3 rings (SSSR count). The van der Waals surface area contributed by atoms with E-state index >= 15 is 0 Å². The lowest BCUT2D eigenvalue weighted by molar-refractivity contribution is 0.0724. The third-order valence-corrected chi connectivity index (χ3v) is 6.81. The van der Waals surface area contributed by atoms with Crippen LogP contribution >= 0.6 is 0 Å². The van der Waals surface area contributed by atoms with Gasteiger partial charge >= 0.3 is 0 Å². The van der Waals surface area contributed by atoms with Crippen LogP contribution in [0.25, 0.3) is 0 Å². The average molecular weight is 286 g/mol. The predicted octanol–water partition coefficient (Wildman–Crippen LogP) is 1.01. The minimum Gasteiger partial charge on any atom is -0.329 e. The lowest BCUT2D eigenvalue weighted by Crippen LogP contribution is -2.58. The largest absolute Gasteiger partial charge is 0.329 e. The third kappa shape index (κ3) is 3.31. The van der Waals surface area contributed by atoms with E-state index in [-0.39, 0.29) is 5.54 Å². The molecule has 4 nitrogen and oxygen atoms in total. The quantitative estimate of drug-likeness (QED) is 0.791. The Balaban J connectivity index is 1.72. The van der Waals surface area contributed by atoms with Crippen LogP contribution in [-0.2, 0) is 9.84 Å².